The molecule has 0 N–H and O–H groups in total. The molecule has 1 aliphatic rings. The topological polar surface area (TPSA) is 65.1 Å². The molecule has 136 valence electrons. The second-order valence-corrected chi connectivity index (χ2v) is 5.87. The van der Waals surface area contributed by atoms with E-state index in [4.69, 9.17) is 25.8 Å². The third-order valence-electron chi connectivity index (χ3n) is 4.14. The van der Waals surface area contributed by atoms with Crippen LogP contribution in [-0.4, -0.2) is 33.0 Å². The third-order valence-corrected chi connectivity index (χ3v) is 4.50. The first-order chi connectivity index (χ1) is 12.4. The van der Waals surface area contributed by atoms with Crippen LogP contribution in [0.15, 0.2) is 24.3 Å². The number of benzene rings is 2. The molecule has 0 radical (unpaired) electrons. The fourth-order valence-electron chi connectivity index (χ4n) is 2.91. The minimum atomic E-state index is -0.812. The molecule has 0 saturated carbocycles. The van der Waals surface area contributed by atoms with Crippen LogP contribution >= 0.6 is 11.6 Å². The molecule has 2 aromatic rings. The molecule has 0 bridgehead atoms. The van der Waals surface area contributed by atoms with Gasteiger partial charge in [-0.15, -0.1) is 0 Å². The number of methoxy groups -OCH3 is 3. The predicted molar refractivity (Wildman–Crippen MR) is 93.0 cm³/mol. The van der Waals surface area contributed by atoms with Gasteiger partial charge in [0.05, 0.1) is 39.1 Å². The van der Waals surface area contributed by atoms with Gasteiger partial charge in [-0.1, -0.05) is 17.7 Å². The van der Waals surface area contributed by atoms with Gasteiger partial charge in [-0.05, 0) is 12.1 Å². The Labute approximate surface area is 154 Å². The van der Waals surface area contributed by atoms with Crippen LogP contribution in [0, 0.1) is 5.82 Å². The van der Waals surface area contributed by atoms with Gasteiger partial charge in [-0.3, -0.25) is 14.5 Å². The highest BCUT2D eigenvalue weighted by atomic mass is 35.5. The molecule has 26 heavy (non-hydrogen) atoms. The van der Waals surface area contributed by atoms with Crippen LogP contribution < -0.4 is 19.1 Å². The summed E-state index contributed by atoms with van der Waals surface area (Å²) in [7, 11) is 4.16. The molecule has 0 saturated heterocycles. The molecular weight excluding hydrogens is 365 g/mol. The van der Waals surface area contributed by atoms with Gasteiger partial charge < -0.3 is 14.2 Å². The maximum atomic E-state index is 14.1. The molecule has 0 spiro atoms. The Morgan fingerprint density at radius 2 is 1.77 bits per heavy atom. The molecule has 1 amide bonds. The molecule has 0 atom stereocenters. The molecule has 2 aromatic carbocycles. The lowest BCUT2D eigenvalue weighted by atomic mass is 10.1. The van der Waals surface area contributed by atoms with Crippen molar-refractivity contribution in [2.24, 2.45) is 0 Å². The summed E-state index contributed by atoms with van der Waals surface area (Å²) in [6, 6.07) is 5.69. The lowest BCUT2D eigenvalue weighted by molar-refractivity contribution is -0.114. The molecule has 0 fully saturated rings. The fraction of sp³-hybridized carbons (Fsp3) is 0.222. The molecule has 3 rings (SSSR count). The van der Waals surface area contributed by atoms with E-state index in [9.17, 15) is 14.0 Å². The van der Waals surface area contributed by atoms with Crippen molar-refractivity contribution >= 4 is 29.0 Å². The number of hydrogen-bond donors (Lipinski definition) is 0. The van der Waals surface area contributed by atoms with E-state index >= 15 is 0 Å². The Hall–Kier alpha value is -2.80. The van der Waals surface area contributed by atoms with Crippen molar-refractivity contribution in [1.82, 2.24) is 0 Å². The molecule has 0 aliphatic carbocycles. The van der Waals surface area contributed by atoms with E-state index in [0.29, 0.717) is 0 Å². The summed E-state index contributed by atoms with van der Waals surface area (Å²) in [5.41, 5.74) is 0.397. The van der Waals surface area contributed by atoms with E-state index in [0.717, 1.165) is 4.90 Å². The number of amides is 1. The molecule has 6 nitrogen and oxygen atoms in total. The zero-order chi connectivity index (χ0) is 19.0. The Morgan fingerprint density at radius 1 is 1.08 bits per heavy atom. The maximum absolute atomic E-state index is 14.1. The van der Waals surface area contributed by atoms with Crippen molar-refractivity contribution in [2.45, 2.75) is 6.54 Å². The number of halogens is 2. The zero-order valence-corrected chi connectivity index (χ0v) is 15.0. The first-order valence-electron chi connectivity index (χ1n) is 7.56. The number of ketones is 1. The molecule has 1 heterocycles. The first-order valence-corrected chi connectivity index (χ1v) is 7.94. The molecule has 0 unspecified atom stereocenters. The van der Waals surface area contributed by atoms with Gasteiger partial charge in [0.1, 0.15) is 5.82 Å². The Bertz CT molecular complexity index is 895. The van der Waals surface area contributed by atoms with Crippen molar-refractivity contribution in [3.05, 3.63) is 46.2 Å². The van der Waals surface area contributed by atoms with Crippen molar-refractivity contribution in [2.75, 3.05) is 26.2 Å². The van der Waals surface area contributed by atoms with Gasteiger partial charge in [0, 0.05) is 16.7 Å². The van der Waals surface area contributed by atoms with Gasteiger partial charge in [-0.2, -0.15) is 0 Å². The van der Waals surface area contributed by atoms with Gasteiger partial charge in [0.25, 0.3) is 11.7 Å². The number of rotatable bonds is 5. The predicted octanol–water partition coefficient (Wildman–Crippen LogP) is 3.23. The van der Waals surface area contributed by atoms with Crippen LogP contribution in [0.4, 0.5) is 10.1 Å². The number of carbonyl (C=O) groups is 2. The summed E-state index contributed by atoms with van der Waals surface area (Å²) in [5.74, 6) is -1.60. The number of Topliss-reactive ketones (excluding diaryl/α,β-unsaturated/α-hetero) is 1. The summed E-state index contributed by atoms with van der Waals surface area (Å²) < 4.78 is 29.9. The van der Waals surface area contributed by atoms with Gasteiger partial charge in [-0.25, -0.2) is 4.39 Å². The van der Waals surface area contributed by atoms with Crippen molar-refractivity contribution in [3.63, 3.8) is 0 Å². The Kier molecular flexibility index (Phi) is 4.73. The SMILES string of the molecule is COc1cc2c(c(OC)c1OC)C(=O)C(=O)N2Cc1c(F)cccc1Cl. The van der Waals surface area contributed by atoms with Gasteiger partial charge in [0.2, 0.25) is 5.75 Å². The van der Waals surface area contributed by atoms with Crippen molar-refractivity contribution in [3.8, 4) is 17.2 Å². The van der Waals surface area contributed by atoms with E-state index in [1.54, 1.807) is 0 Å². The van der Waals surface area contributed by atoms with E-state index in [2.05, 4.69) is 0 Å². The minimum absolute atomic E-state index is 0.0441. The summed E-state index contributed by atoms with van der Waals surface area (Å²) in [5, 5.41) is 0.158. The van der Waals surface area contributed by atoms with Crippen LogP contribution in [0.2, 0.25) is 5.02 Å². The second kappa shape index (κ2) is 6.84. The van der Waals surface area contributed by atoms with E-state index < -0.39 is 17.5 Å². The minimum Gasteiger partial charge on any atom is -0.493 e. The van der Waals surface area contributed by atoms with Gasteiger partial charge in [0.15, 0.2) is 11.5 Å². The smallest absolute Gasteiger partial charge is 0.299 e. The molecule has 8 heteroatoms. The number of hydrogen-bond acceptors (Lipinski definition) is 5. The normalized spacial score (nSPS) is 13.0. The second-order valence-electron chi connectivity index (χ2n) is 5.46. The van der Waals surface area contributed by atoms with Crippen LogP contribution in [0.25, 0.3) is 0 Å². The average molecular weight is 380 g/mol. The fourth-order valence-corrected chi connectivity index (χ4v) is 3.14. The summed E-state index contributed by atoms with van der Waals surface area (Å²) in [6.07, 6.45) is 0. The molecular formula is C18H15ClFNO5. The monoisotopic (exact) mass is 379 g/mol. The zero-order valence-electron chi connectivity index (χ0n) is 14.3. The number of carbonyl (C=O) groups excluding carboxylic acids is 2. The Balaban J connectivity index is 2.18. The van der Waals surface area contributed by atoms with E-state index in [1.165, 1.54) is 45.6 Å². The quantitative estimate of drug-likeness (QED) is 0.746. The standard InChI is InChI=1S/C18H15ClFNO5/c1-24-13-7-12-14(17(26-3)16(13)25-2)15(22)18(23)21(12)8-9-10(19)5-4-6-11(9)20/h4-7H,8H2,1-3H3. The lowest BCUT2D eigenvalue weighted by Gasteiger charge is -2.20. The number of anilines is 1. The first kappa shape index (κ1) is 18.0. The summed E-state index contributed by atoms with van der Waals surface area (Å²) in [4.78, 5) is 26.2. The van der Waals surface area contributed by atoms with Crippen molar-refractivity contribution < 1.29 is 28.2 Å². The molecule has 0 aromatic heterocycles. The van der Waals surface area contributed by atoms with Crippen LogP contribution in [-0.2, 0) is 11.3 Å². The number of fused-ring (bicyclic) bond motifs is 1. The van der Waals surface area contributed by atoms with Crippen LogP contribution in [0.1, 0.15) is 15.9 Å². The maximum Gasteiger partial charge on any atom is 0.299 e. The summed E-state index contributed by atoms with van der Waals surface area (Å²) in [6.45, 7) is -0.207. The van der Waals surface area contributed by atoms with E-state index in [1.807, 2.05) is 0 Å². The third kappa shape index (κ3) is 2.64. The van der Waals surface area contributed by atoms with Gasteiger partial charge >= 0.3 is 0 Å². The Morgan fingerprint density at radius 3 is 2.35 bits per heavy atom. The van der Waals surface area contributed by atoms with Crippen molar-refractivity contribution in [1.29, 1.82) is 0 Å². The highest BCUT2D eigenvalue weighted by Gasteiger charge is 2.41. The van der Waals surface area contributed by atoms with Crippen LogP contribution in [0.5, 0.6) is 17.2 Å². The molecule has 1 aliphatic heterocycles. The number of ether oxygens (including phenoxy) is 3. The highest BCUT2D eigenvalue weighted by molar-refractivity contribution is 6.53. The highest BCUT2D eigenvalue weighted by Crippen LogP contribution is 2.48. The largest absolute Gasteiger partial charge is 0.493 e. The van der Waals surface area contributed by atoms with Crippen LogP contribution in [0.3, 0.4) is 0 Å². The average Bonchev–Trinajstić information content (AvgIpc) is 2.87. The lowest BCUT2D eigenvalue weighted by Crippen LogP contribution is -2.29. The summed E-state index contributed by atoms with van der Waals surface area (Å²) >= 11 is 6.05. The number of nitrogens with zero attached hydrogens (tertiary/aromatic N) is 1. The van der Waals surface area contributed by atoms with E-state index in [-0.39, 0.29) is 45.6 Å².